The normalized spacial score (nSPS) is 16.3. The smallest absolute Gasteiger partial charge is 0.492 e. The Balaban J connectivity index is 0.000000209. The molecule has 28 heavy (non-hydrogen) atoms. The molecule has 1 N–H and O–H groups in total. The SMILES string of the molecule is CC(C)(C)SNC1CCOc2cccnc21.Cc1ccccc1OC(F)(F)F. The van der Waals surface area contributed by atoms with E-state index in [1.54, 1.807) is 31.0 Å². The monoisotopic (exact) mass is 414 g/mol. The van der Waals surface area contributed by atoms with Gasteiger partial charge in [-0.15, -0.1) is 13.2 Å². The number of ether oxygens (including phenoxy) is 2. The minimum Gasteiger partial charge on any atom is -0.492 e. The second-order valence-corrected chi connectivity index (χ2v) is 8.89. The standard InChI is InChI=1S/C12H18N2OS.C8H7F3O/c1-12(2,3)16-14-9-6-8-15-10-5-4-7-13-11(9)10;1-6-4-2-3-5-7(6)12-8(9,10)11/h4-5,7,9,14H,6,8H2,1-3H3;2-5H,1H3. The minimum absolute atomic E-state index is 0.148. The van der Waals surface area contributed by atoms with E-state index in [1.165, 1.54) is 12.1 Å². The van der Waals surface area contributed by atoms with Gasteiger partial charge in [-0.25, -0.2) is 0 Å². The summed E-state index contributed by atoms with van der Waals surface area (Å²) in [5.74, 6) is 0.769. The van der Waals surface area contributed by atoms with Crippen LogP contribution in [0.25, 0.3) is 0 Å². The molecule has 2 aromatic rings. The molecule has 1 aliphatic heterocycles. The van der Waals surface area contributed by atoms with Gasteiger partial charge in [0.05, 0.1) is 12.6 Å². The molecule has 1 aliphatic rings. The van der Waals surface area contributed by atoms with Crippen LogP contribution in [0.1, 0.15) is 44.5 Å². The molecule has 0 fully saturated rings. The third-order valence-electron chi connectivity index (χ3n) is 3.62. The Morgan fingerprint density at radius 2 is 1.86 bits per heavy atom. The number of nitrogens with zero attached hydrogens (tertiary/aromatic N) is 1. The van der Waals surface area contributed by atoms with Gasteiger partial charge in [0.1, 0.15) is 17.2 Å². The number of hydrogen-bond donors (Lipinski definition) is 1. The van der Waals surface area contributed by atoms with Crippen molar-refractivity contribution in [3.05, 3.63) is 53.9 Å². The second kappa shape index (κ2) is 9.52. The molecule has 0 aliphatic carbocycles. The molecule has 0 amide bonds. The maximum absolute atomic E-state index is 11.7. The number of rotatable bonds is 3. The van der Waals surface area contributed by atoms with Crippen molar-refractivity contribution in [1.29, 1.82) is 0 Å². The number of fused-ring (bicyclic) bond motifs is 1. The van der Waals surface area contributed by atoms with E-state index in [2.05, 4.69) is 35.2 Å². The van der Waals surface area contributed by atoms with E-state index in [0.29, 0.717) is 11.6 Å². The molecular weight excluding hydrogens is 389 g/mol. The first kappa shape index (κ1) is 22.4. The van der Waals surface area contributed by atoms with Crippen LogP contribution in [0.4, 0.5) is 13.2 Å². The highest BCUT2D eigenvalue weighted by molar-refractivity contribution is 7.98. The first-order valence-corrected chi connectivity index (χ1v) is 9.69. The van der Waals surface area contributed by atoms with Crippen molar-refractivity contribution in [2.24, 2.45) is 0 Å². The Kier molecular flexibility index (Phi) is 7.60. The minimum atomic E-state index is -4.61. The molecule has 1 atom stereocenters. The van der Waals surface area contributed by atoms with Gasteiger partial charge in [-0.2, -0.15) is 0 Å². The molecule has 2 heterocycles. The Morgan fingerprint density at radius 3 is 2.50 bits per heavy atom. The Bertz CT molecular complexity index is 764. The van der Waals surface area contributed by atoms with Crippen LogP contribution >= 0.6 is 11.9 Å². The first-order valence-electron chi connectivity index (χ1n) is 8.88. The van der Waals surface area contributed by atoms with Gasteiger partial charge in [0.2, 0.25) is 0 Å². The average Bonchev–Trinajstić information content (AvgIpc) is 2.61. The molecule has 8 heteroatoms. The molecule has 4 nitrogen and oxygen atoms in total. The van der Waals surface area contributed by atoms with E-state index in [9.17, 15) is 13.2 Å². The summed E-state index contributed by atoms with van der Waals surface area (Å²) < 4.78 is 48.1. The Labute approximate surface area is 168 Å². The summed E-state index contributed by atoms with van der Waals surface area (Å²) in [4.78, 5) is 4.40. The van der Waals surface area contributed by atoms with Crippen molar-refractivity contribution in [3.8, 4) is 11.5 Å². The summed E-state index contributed by atoms with van der Waals surface area (Å²) in [5, 5.41) is 0. The van der Waals surface area contributed by atoms with Crippen molar-refractivity contribution in [3.63, 3.8) is 0 Å². The fraction of sp³-hybridized carbons (Fsp3) is 0.450. The molecule has 1 aromatic carbocycles. The number of para-hydroxylation sites is 1. The van der Waals surface area contributed by atoms with E-state index in [4.69, 9.17) is 4.74 Å². The fourth-order valence-corrected chi connectivity index (χ4v) is 3.09. The highest BCUT2D eigenvalue weighted by Gasteiger charge is 2.31. The maximum atomic E-state index is 11.7. The van der Waals surface area contributed by atoms with Gasteiger partial charge in [0.25, 0.3) is 0 Å². The van der Waals surface area contributed by atoms with E-state index >= 15 is 0 Å². The zero-order chi connectivity index (χ0) is 20.8. The number of benzene rings is 1. The fourth-order valence-electron chi connectivity index (χ4n) is 2.37. The van der Waals surface area contributed by atoms with Crippen LogP contribution < -0.4 is 14.2 Å². The van der Waals surface area contributed by atoms with Gasteiger partial charge in [-0.1, -0.05) is 30.1 Å². The van der Waals surface area contributed by atoms with Crippen LogP contribution in [-0.4, -0.2) is 22.7 Å². The molecule has 0 bridgehead atoms. The van der Waals surface area contributed by atoms with E-state index in [-0.39, 0.29) is 10.5 Å². The quantitative estimate of drug-likeness (QED) is 0.640. The number of aryl methyl sites for hydroxylation is 1. The van der Waals surface area contributed by atoms with Gasteiger partial charge in [-0.05, 0) is 51.5 Å². The van der Waals surface area contributed by atoms with Crippen LogP contribution in [0.2, 0.25) is 0 Å². The zero-order valence-electron chi connectivity index (χ0n) is 16.3. The molecular formula is C20H25F3N2O2S. The van der Waals surface area contributed by atoms with Crippen LogP contribution in [0.15, 0.2) is 42.6 Å². The molecule has 1 aromatic heterocycles. The van der Waals surface area contributed by atoms with Crippen molar-refractivity contribution in [1.82, 2.24) is 9.71 Å². The third kappa shape index (κ3) is 7.59. The van der Waals surface area contributed by atoms with Crippen LogP contribution in [0.5, 0.6) is 11.5 Å². The Morgan fingerprint density at radius 1 is 1.14 bits per heavy atom. The predicted octanol–water partition coefficient (Wildman–Crippen LogP) is 5.84. The van der Waals surface area contributed by atoms with E-state index in [1.807, 2.05) is 18.3 Å². The van der Waals surface area contributed by atoms with Crippen molar-refractivity contribution < 1.29 is 22.6 Å². The molecule has 0 saturated heterocycles. The van der Waals surface area contributed by atoms with Gasteiger partial charge in [0.15, 0.2) is 0 Å². The Hall–Kier alpha value is -1.93. The molecule has 0 saturated carbocycles. The molecule has 0 radical (unpaired) electrons. The number of alkyl halides is 3. The summed E-state index contributed by atoms with van der Waals surface area (Å²) in [7, 11) is 0. The average molecular weight is 414 g/mol. The lowest BCUT2D eigenvalue weighted by Crippen LogP contribution is -2.27. The summed E-state index contributed by atoms with van der Waals surface area (Å²) >= 11 is 1.76. The lowest BCUT2D eigenvalue weighted by Gasteiger charge is -2.28. The number of nitrogens with one attached hydrogen (secondary N) is 1. The number of aromatic nitrogens is 1. The zero-order valence-corrected chi connectivity index (χ0v) is 17.2. The van der Waals surface area contributed by atoms with Gasteiger partial charge >= 0.3 is 6.36 Å². The van der Waals surface area contributed by atoms with Gasteiger partial charge in [-0.3, -0.25) is 9.71 Å². The van der Waals surface area contributed by atoms with E-state index < -0.39 is 6.36 Å². The van der Waals surface area contributed by atoms with Crippen LogP contribution in [-0.2, 0) is 0 Å². The highest BCUT2D eigenvalue weighted by Crippen LogP contribution is 2.33. The first-order chi connectivity index (χ1) is 13.1. The largest absolute Gasteiger partial charge is 0.573 e. The van der Waals surface area contributed by atoms with Crippen LogP contribution in [0.3, 0.4) is 0 Å². The number of hydrogen-bond acceptors (Lipinski definition) is 5. The molecule has 3 rings (SSSR count). The maximum Gasteiger partial charge on any atom is 0.573 e. The molecule has 0 spiro atoms. The highest BCUT2D eigenvalue weighted by atomic mass is 32.2. The lowest BCUT2D eigenvalue weighted by atomic mass is 10.1. The predicted molar refractivity (Wildman–Crippen MR) is 105 cm³/mol. The lowest BCUT2D eigenvalue weighted by molar-refractivity contribution is -0.274. The molecule has 1 unspecified atom stereocenters. The van der Waals surface area contributed by atoms with Crippen molar-refractivity contribution in [2.75, 3.05) is 6.61 Å². The summed E-state index contributed by atoms with van der Waals surface area (Å²) in [6.07, 6.45) is -1.80. The topological polar surface area (TPSA) is 43.4 Å². The number of pyridine rings is 1. The second-order valence-electron chi connectivity index (χ2n) is 7.22. The van der Waals surface area contributed by atoms with Crippen LogP contribution in [0, 0.1) is 6.92 Å². The van der Waals surface area contributed by atoms with Gasteiger partial charge in [0, 0.05) is 17.4 Å². The summed E-state index contributed by atoms with van der Waals surface area (Å²) in [5.41, 5.74) is 1.50. The number of halogens is 3. The van der Waals surface area contributed by atoms with Crippen molar-refractivity contribution in [2.45, 2.75) is 51.3 Å². The molecule has 154 valence electrons. The van der Waals surface area contributed by atoms with E-state index in [0.717, 1.165) is 24.5 Å². The van der Waals surface area contributed by atoms with Gasteiger partial charge < -0.3 is 9.47 Å². The summed E-state index contributed by atoms with van der Waals surface area (Å²) in [6.45, 7) is 8.91. The third-order valence-corrected chi connectivity index (χ3v) is 4.64. The van der Waals surface area contributed by atoms with Crippen molar-refractivity contribution >= 4 is 11.9 Å². The summed E-state index contributed by atoms with van der Waals surface area (Å²) in [6, 6.07) is 10.2.